The molecule has 0 aromatic carbocycles. The standard InChI is InChI=1S/C7H10N2O/c1-8-7-5-6(10-2)3-4-9-7/h3-5H,1-2H3,(H,8,9)/i1D3. The number of pyridine rings is 1. The van der Waals surface area contributed by atoms with Gasteiger partial charge in [0.25, 0.3) is 0 Å². The Bertz CT molecular complexity index is 287. The molecule has 0 amide bonds. The molecule has 0 aliphatic rings. The minimum atomic E-state index is -2.22. The molecular weight excluding hydrogens is 128 g/mol. The van der Waals surface area contributed by atoms with E-state index < -0.39 is 6.98 Å². The Kier molecular flexibility index (Phi) is 1.16. The van der Waals surface area contributed by atoms with E-state index in [0.29, 0.717) is 5.75 Å². The number of nitrogens with zero attached hydrogens (tertiary/aromatic N) is 1. The summed E-state index contributed by atoms with van der Waals surface area (Å²) in [4.78, 5) is 3.82. The van der Waals surface area contributed by atoms with Crippen molar-refractivity contribution in [3.8, 4) is 5.75 Å². The third-order valence-electron chi connectivity index (χ3n) is 1.10. The van der Waals surface area contributed by atoms with Gasteiger partial charge in [-0.15, -0.1) is 0 Å². The first-order chi connectivity index (χ1) is 6.01. The lowest BCUT2D eigenvalue weighted by Crippen LogP contribution is -1.92. The third-order valence-corrected chi connectivity index (χ3v) is 1.10. The summed E-state index contributed by atoms with van der Waals surface area (Å²) in [6.45, 7) is -2.22. The number of methoxy groups -OCH3 is 1. The first-order valence-corrected chi connectivity index (χ1v) is 2.79. The Morgan fingerprint density at radius 3 is 3.40 bits per heavy atom. The van der Waals surface area contributed by atoms with Crippen LogP contribution < -0.4 is 10.1 Å². The van der Waals surface area contributed by atoms with Crippen molar-refractivity contribution in [3.05, 3.63) is 18.3 Å². The number of rotatable bonds is 2. The van der Waals surface area contributed by atoms with Crippen LogP contribution in [0, 0.1) is 0 Å². The van der Waals surface area contributed by atoms with Crippen molar-refractivity contribution < 1.29 is 8.85 Å². The zero-order valence-electron chi connectivity index (χ0n) is 8.59. The maximum atomic E-state index is 6.94. The van der Waals surface area contributed by atoms with Crippen LogP contribution in [0.15, 0.2) is 18.3 Å². The molecule has 10 heavy (non-hydrogen) atoms. The summed E-state index contributed by atoms with van der Waals surface area (Å²) in [5.74, 6) is 0.848. The average Bonchev–Trinajstić information content (AvgIpc) is 2.01. The van der Waals surface area contributed by atoms with Gasteiger partial charge in [-0.3, -0.25) is 0 Å². The molecule has 0 spiro atoms. The topological polar surface area (TPSA) is 34.1 Å². The lowest BCUT2D eigenvalue weighted by Gasteiger charge is -2.00. The molecule has 0 aliphatic carbocycles. The van der Waals surface area contributed by atoms with Crippen molar-refractivity contribution in [1.82, 2.24) is 4.98 Å². The van der Waals surface area contributed by atoms with Gasteiger partial charge in [-0.1, -0.05) is 0 Å². The highest BCUT2D eigenvalue weighted by Gasteiger charge is 1.91. The first-order valence-electron chi connectivity index (χ1n) is 4.29. The highest BCUT2D eigenvalue weighted by Crippen LogP contribution is 2.12. The molecule has 1 heterocycles. The zero-order chi connectivity index (χ0) is 9.90. The lowest BCUT2D eigenvalue weighted by atomic mass is 10.4. The Balaban J connectivity index is 2.78. The summed E-state index contributed by atoms with van der Waals surface area (Å²) < 4.78 is 25.7. The molecular formula is C7H10N2O. The largest absolute Gasteiger partial charge is 0.497 e. The summed E-state index contributed by atoms with van der Waals surface area (Å²) in [5, 5.41) is 2.26. The molecule has 0 saturated carbocycles. The fourth-order valence-corrected chi connectivity index (χ4v) is 0.606. The van der Waals surface area contributed by atoms with Gasteiger partial charge in [0, 0.05) is 23.4 Å². The second-order valence-electron chi connectivity index (χ2n) is 1.71. The molecule has 0 radical (unpaired) electrons. The van der Waals surface area contributed by atoms with E-state index in [-0.39, 0.29) is 5.82 Å². The second kappa shape index (κ2) is 3.06. The third kappa shape index (κ3) is 1.37. The zero-order valence-corrected chi connectivity index (χ0v) is 5.59. The number of hydrogen-bond donors (Lipinski definition) is 1. The highest BCUT2D eigenvalue weighted by molar-refractivity contribution is 5.39. The van der Waals surface area contributed by atoms with Crippen LogP contribution in [0.4, 0.5) is 5.82 Å². The van der Waals surface area contributed by atoms with Gasteiger partial charge < -0.3 is 10.1 Å². The van der Waals surface area contributed by atoms with E-state index in [1.165, 1.54) is 19.4 Å². The van der Waals surface area contributed by atoms with E-state index in [1.54, 1.807) is 6.07 Å². The van der Waals surface area contributed by atoms with E-state index in [0.717, 1.165) is 0 Å². The first kappa shape index (κ1) is 3.81. The SMILES string of the molecule is [2H]C([2H])([2H])Nc1cc(OC)ccn1. The van der Waals surface area contributed by atoms with Gasteiger partial charge in [0.05, 0.1) is 7.11 Å². The van der Waals surface area contributed by atoms with Crippen molar-refractivity contribution in [1.29, 1.82) is 0 Å². The van der Waals surface area contributed by atoms with Crippen molar-refractivity contribution >= 4 is 5.82 Å². The Hall–Kier alpha value is -1.25. The molecule has 0 atom stereocenters. The van der Waals surface area contributed by atoms with Crippen molar-refractivity contribution in [2.24, 2.45) is 0 Å². The van der Waals surface area contributed by atoms with Crippen LogP contribution in [0.2, 0.25) is 0 Å². The van der Waals surface area contributed by atoms with Gasteiger partial charge in [0.1, 0.15) is 11.6 Å². The summed E-state index contributed by atoms with van der Waals surface area (Å²) in [7, 11) is 1.51. The van der Waals surface area contributed by atoms with Crippen LogP contribution in [-0.4, -0.2) is 19.1 Å². The molecule has 1 rings (SSSR count). The number of ether oxygens (including phenoxy) is 1. The summed E-state index contributed by atoms with van der Waals surface area (Å²) in [6, 6.07) is 3.16. The average molecular weight is 141 g/mol. The van der Waals surface area contributed by atoms with E-state index >= 15 is 0 Å². The number of aromatic nitrogens is 1. The van der Waals surface area contributed by atoms with Crippen molar-refractivity contribution in [2.45, 2.75) is 0 Å². The van der Waals surface area contributed by atoms with Gasteiger partial charge in [-0.25, -0.2) is 4.98 Å². The molecule has 54 valence electrons. The molecule has 0 fully saturated rings. The van der Waals surface area contributed by atoms with Crippen LogP contribution >= 0.6 is 0 Å². The molecule has 1 N–H and O–H groups in total. The predicted octanol–water partition coefficient (Wildman–Crippen LogP) is 1.13. The number of hydrogen-bond acceptors (Lipinski definition) is 3. The fraction of sp³-hybridized carbons (Fsp3) is 0.286. The summed E-state index contributed by atoms with van der Waals surface area (Å²) in [6.07, 6.45) is 1.48. The highest BCUT2D eigenvalue weighted by atomic mass is 16.5. The van der Waals surface area contributed by atoms with Gasteiger partial charge in [0.2, 0.25) is 0 Å². The smallest absolute Gasteiger partial charge is 0.129 e. The maximum Gasteiger partial charge on any atom is 0.129 e. The van der Waals surface area contributed by atoms with Crippen LogP contribution in [0.5, 0.6) is 5.75 Å². The predicted molar refractivity (Wildman–Crippen MR) is 40.3 cm³/mol. The minimum Gasteiger partial charge on any atom is -0.497 e. The quantitative estimate of drug-likeness (QED) is 0.670. The molecule has 0 unspecified atom stereocenters. The van der Waals surface area contributed by atoms with Crippen LogP contribution in [0.1, 0.15) is 4.11 Å². The summed E-state index contributed by atoms with van der Waals surface area (Å²) >= 11 is 0. The normalized spacial score (nSPS) is 14.7. The van der Waals surface area contributed by atoms with E-state index in [2.05, 4.69) is 10.3 Å². The minimum absolute atomic E-state index is 0.277. The molecule has 0 saturated heterocycles. The molecule has 3 heteroatoms. The van der Waals surface area contributed by atoms with Gasteiger partial charge in [-0.2, -0.15) is 0 Å². The van der Waals surface area contributed by atoms with Gasteiger partial charge in [0.15, 0.2) is 0 Å². The van der Waals surface area contributed by atoms with E-state index in [1.807, 2.05) is 0 Å². The van der Waals surface area contributed by atoms with Crippen LogP contribution in [0.25, 0.3) is 0 Å². The van der Waals surface area contributed by atoms with Gasteiger partial charge >= 0.3 is 0 Å². The fourth-order valence-electron chi connectivity index (χ4n) is 0.606. The maximum absolute atomic E-state index is 6.94. The Morgan fingerprint density at radius 2 is 2.70 bits per heavy atom. The molecule has 0 aliphatic heterocycles. The van der Waals surface area contributed by atoms with E-state index in [9.17, 15) is 0 Å². The number of nitrogens with one attached hydrogen (secondary N) is 1. The van der Waals surface area contributed by atoms with Crippen molar-refractivity contribution in [2.75, 3.05) is 19.4 Å². The molecule has 3 nitrogen and oxygen atoms in total. The van der Waals surface area contributed by atoms with Crippen LogP contribution in [0.3, 0.4) is 0 Å². The molecule has 1 aromatic rings. The van der Waals surface area contributed by atoms with Crippen LogP contribution in [-0.2, 0) is 0 Å². The second-order valence-corrected chi connectivity index (χ2v) is 1.71. The Labute approximate surface area is 64.3 Å². The summed E-state index contributed by atoms with van der Waals surface area (Å²) in [5.41, 5.74) is 0. The molecule has 1 aromatic heterocycles. The Morgan fingerprint density at radius 1 is 1.80 bits per heavy atom. The van der Waals surface area contributed by atoms with E-state index in [4.69, 9.17) is 8.85 Å². The molecule has 0 bridgehead atoms. The monoisotopic (exact) mass is 141 g/mol. The van der Waals surface area contributed by atoms with Crippen molar-refractivity contribution in [3.63, 3.8) is 0 Å². The number of anilines is 1. The lowest BCUT2D eigenvalue weighted by molar-refractivity contribution is 0.414. The van der Waals surface area contributed by atoms with Gasteiger partial charge in [-0.05, 0) is 6.07 Å².